The van der Waals surface area contributed by atoms with Gasteiger partial charge in [0, 0.05) is 0 Å². The van der Waals surface area contributed by atoms with E-state index in [0.29, 0.717) is 23.7 Å². The van der Waals surface area contributed by atoms with Crippen molar-refractivity contribution in [2.75, 3.05) is 0 Å². The van der Waals surface area contributed by atoms with Gasteiger partial charge in [0.05, 0.1) is 0 Å². The standard InChI is InChI=1S/4C12H13.2C3H6.2ClH.2Zr/c4*1-9(2)12-7-10-5-3-4-6-11(10)8-12;2*1-3-2;;;;/h4*3-9H,1-2H3;2*1-2H3;2*1H;;/q4*-1;;;;;2*+2/p-2. The van der Waals surface area contributed by atoms with E-state index in [1.807, 2.05) is 0 Å². The summed E-state index contributed by atoms with van der Waals surface area (Å²) in [4.78, 5) is 0. The Morgan fingerprint density at radius 1 is 0.345 bits per heavy atom. The zero-order chi connectivity index (χ0) is 41.4. The zero-order valence-corrected chi connectivity index (χ0v) is 43.3. The maximum absolute atomic E-state index is 2.28. The van der Waals surface area contributed by atoms with Crippen LogP contribution in [0.5, 0.6) is 0 Å². The fraction of sp³-hybridized carbons (Fsp3) is 0.296. The Hall–Kier alpha value is -2.59. The molecule has 8 rings (SSSR count). The van der Waals surface area contributed by atoms with Crippen LogP contribution in [0.3, 0.4) is 0 Å². The van der Waals surface area contributed by atoms with Crippen molar-refractivity contribution in [3.63, 3.8) is 0 Å². The summed E-state index contributed by atoms with van der Waals surface area (Å²) in [6.45, 7) is 26.3. The van der Waals surface area contributed by atoms with Crippen LogP contribution in [0.2, 0.25) is 0 Å². The van der Waals surface area contributed by atoms with Gasteiger partial charge in [-0.1, -0.05) is 79.7 Å². The summed E-state index contributed by atoms with van der Waals surface area (Å²) >= 11 is 3.11. The van der Waals surface area contributed by atoms with Crippen LogP contribution in [-0.4, -0.2) is 6.41 Å². The molecule has 0 N–H and O–H groups in total. The normalized spacial score (nSPS) is 10.3. The number of hydrogen-bond acceptors (Lipinski definition) is 0. The van der Waals surface area contributed by atoms with Gasteiger partial charge in [0.2, 0.25) is 0 Å². The number of halogens is 2. The fourth-order valence-electron chi connectivity index (χ4n) is 6.03. The van der Waals surface area contributed by atoms with E-state index in [1.165, 1.54) is 71.8 Å². The van der Waals surface area contributed by atoms with Crippen LogP contribution in [0.4, 0.5) is 0 Å². The van der Waals surface area contributed by atoms with Crippen molar-refractivity contribution in [3.05, 3.63) is 168 Å². The zero-order valence-electron chi connectivity index (χ0n) is 36.9. The Morgan fingerprint density at radius 2 is 0.500 bits per heavy atom. The van der Waals surface area contributed by atoms with E-state index in [4.69, 9.17) is 0 Å². The van der Waals surface area contributed by atoms with Gasteiger partial charge in [0.25, 0.3) is 0 Å². The van der Waals surface area contributed by atoms with Crippen molar-refractivity contribution < 1.29 is 73.3 Å². The summed E-state index contributed by atoms with van der Waals surface area (Å²) in [6, 6.07) is 52.3. The molecule has 8 aromatic rings. The van der Waals surface area contributed by atoms with Crippen LogP contribution >= 0.6 is 0 Å². The van der Waals surface area contributed by atoms with E-state index in [-0.39, 0.29) is 24.8 Å². The van der Waals surface area contributed by atoms with Gasteiger partial charge in [-0.25, -0.2) is 0 Å². The quantitative estimate of drug-likeness (QED) is 0.154. The predicted octanol–water partition coefficient (Wildman–Crippen LogP) is 10.2. The molecule has 0 bridgehead atoms. The maximum Gasteiger partial charge on any atom is -1.00 e. The molecule has 0 saturated carbocycles. The largest absolute Gasteiger partial charge is 1.00 e. The van der Waals surface area contributed by atoms with Crippen LogP contribution in [0.15, 0.2) is 146 Å². The number of benzene rings is 4. The minimum Gasteiger partial charge on any atom is -1.00 e. The first-order chi connectivity index (χ1) is 26.5. The van der Waals surface area contributed by atoms with Gasteiger partial charge in [0.15, 0.2) is 0 Å². The van der Waals surface area contributed by atoms with Gasteiger partial charge in [-0.3, -0.25) is 0 Å². The molecule has 304 valence electrons. The van der Waals surface area contributed by atoms with Crippen molar-refractivity contribution >= 4 is 49.5 Å². The van der Waals surface area contributed by atoms with Gasteiger partial charge in [-0.15, -0.1) is 162 Å². The number of hydrogen-bond donors (Lipinski definition) is 0. The molecule has 0 heterocycles. The topological polar surface area (TPSA) is 0 Å². The van der Waals surface area contributed by atoms with Gasteiger partial charge in [-0.05, 0) is 23.7 Å². The molecule has 0 amide bonds. The van der Waals surface area contributed by atoms with Gasteiger partial charge in [0.1, 0.15) is 0 Å². The van der Waals surface area contributed by atoms with Crippen LogP contribution in [0.1, 0.15) is 129 Å². The van der Waals surface area contributed by atoms with E-state index in [0.717, 1.165) is 0 Å². The van der Waals surface area contributed by atoms with Gasteiger partial charge < -0.3 is 24.8 Å². The van der Waals surface area contributed by atoms with Crippen LogP contribution < -0.4 is 24.8 Å². The summed E-state index contributed by atoms with van der Waals surface area (Å²) < 4.78 is 3.01. The Bertz CT molecular complexity index is 1910. The summed E-state index contributed by atoms with van der Waals surface area (Å²) in [5.41, 5.74) is 5.76. The third kappa shape index (κ3) is 18.3. The van der Waals surface area contributed by atoms with Gasteiger partial charge >= 0.3 is 82.6 Å². The average molecular weight is 966 g/mol. The molecule has 0 radical (unpaired) electrons. The minimum atomic E-state index is 0. The average Bonchev–Trinajstić information content (AvgIpc) is 3.95. The van der Waals surface area contributed by atoms with Crippen molar-refractivity contribution in [3.8, 4) is 0 Å². The Labute approximate surface area is 393 Å². The first kappa shape index (κ1) is 53.4. The molecular weight excluding hydrogens is 902 g/mol. The molecule has 0 atom stereocenters. The third-order valence-corrected chi connectivity index (χ3v) is 9.23. The first-order valence-electron chi connectivity index (χ1n) is 20.2. The molecule has 0 spiro atoms. The fourth-order valence-corrected chi connectivity index (χ4v) is 6.03. The number of fused-ring (bicyclic) bond motifs is 4. The molecule has 0 unspecified atom stereocenters. The smallest absolute Gasteiger partial charge is 1.00 e. The van der Waals surface area contributed by atoms with Crippen molar-refractivity contribution in [1.82, 2.24) is 0 Å². The van der Waals surface area contributed by atoms with E-state index >= 15 is 0 Å². The van der Waals surface area contributed by atoms with E-state index < -0.39 is 0 Å². The maximum atomic E-state index is 2.28. The van der Waals surface area contributed by atoms with E-state index in [9.17, 15) is 0 Å². The van der Waals surface area contributed by atoms with Crippen molar-refractivity contribution in [1.29, 1.82) is 0 Å². The first-order valence-corrected chi connectivity index (χ1v) is 22.7. The molecule has 0 nitrogen and oxygen atoms in total. The molecule has 0 saturated heterocycles. The molecular formula is C54H64Cl2Zr2-2. The predicted molar refractivity (Wildman–Crippen MR) is 247 cm³/mol. The van der Waals surface area contributed by atoms with E-state index in [2.05, 4.69) is 229 Å². The summed E-state index contributed by atoms with van der Waals surface area (Å²) in [7, 11) is 0. The molecule has 0 fully saturated rings. The second-order valence-corrected chi connectivity index (χ2v) is 21.2. The molecule has 0 aliphatic rings. The second kappa shape index (κ2) is 27.3. The molecule has 0 aliphatic heterocycles. The molecule has 4 heteroatoms. The third-order valence-electron chi connectivity index (χ3n) is 9.23. The van der Waals surface area contributed by atoms with Crippen molar-refractivity contribution in [2.45, 2.75) is 107 Å². The van der Waals surface area contributed by atoms with Gasteiger partial charge in [-0.2, -0.15) is 24.3 Å². The van der Waals surface area contributed by atoms with Crippen LogP contribution in [0.25, 0.3) is 43.1 Å². The summed E-state index contributed by atoms with van der Waals surface area (Å²) in [5.74, 6) is 2.55. The Morgan fingerprint density at radius 3 is 0.638 bits per heavy atom. The Kier molecular flexibility index (Phi) is 25.1. The molecule has 0 aromatic heterocycles. The van der Waals surface area contributed by atoms with E-state index in [1.54, 1.807) is 48.5 Å². The molecule has 8 aromatic carbocycles. The second-order valence-electron chi connectivity index (χ2n) is 16.3. The minimum absolute atomic E-state index is 0. The monoisotopic (exact) mass is 962 g/mol. The number of rotatable bonds is 4. The molecule has 58 heavy (non-hydrogen) atoms. The Balaban J connectivity index is 0.000000360. The van der Waals surface area contributed by atoms with Crippen LogP contribution in [0, 0.1) is 0 Å². The molecule has 0 aliphatic carbocycles. The summed E-state index contributed by atoms with van der Waals surface area (Å²) in [6.07, 6.45) is 0. The SMILES string of the molecule is CC(C)c1cc2ccccc2[cH-]1.CC(C)c1cc2ccccc2[cH-]1.CC(C)c1cc2ccccc2[cH-]1.CC(C)c1cc2ccccc2[cH-]1.C[C](C)=[Zr+2].C[C](C)=[Zr+2].[Cl-].[Cl-]. The summed E-state index contributed by atoms with van der Waals surface area (Å²) in [5, 5.41) is 10.9. The van der Waals surface area contributed by atoms with Crippen LogP contribution in [-0.2, 0) is 48.5 Å². The van der Waals surface area contributed by atoms with Crippen molar-refractivity contribution in [2.24, 2.45) is 0 Å².